The quantitative estimate of drug-likeness (QED) is 0.508. The summed E-state index contributed by atoms with van der Waals surface area (Å²) in [4.78, 5) is 38.4. The number of aromatic nitrogens is 3. The van der Waals surface area contributed by atoms with Gasteiger partial charge in [-0.1, -0.05) is 37.5 Å². The van der Waals surface area contributed by atoms with E-state index in [0.29, 0.717) is 12.4 Å². The lowest BCUT2D eigenvalue weighted by atomic mass is 9.83. The number of likely N-dealkylation sites (N-methyl/N-ethyl adjacent to an activating group) is 1. The van der Waals surface area contributed by atoms with E-state index in [0.717, 1.165) is 60.9 Å². The number of rotatable bonds is 7. The lowest BCUT2D eigenvalue weighted by Crippen LogP contribution is -2.55. The Kier molecular flexibility index (Phi) is 7.55. The van der Waals surface area contributed by atoms with Gasteiger partial charge >= 0.3 is 0 Å². The number of carbonyl (C=O) groups is 2. The van der Waals surface area contributed by atoms with Gasteiger partial charge in [0, 0.05) is 18.8 Å². The molecule has 2 amide bonds. The standard InChI is InChI=1S/C29H38N6O2/c1-19(30-3)28(36)33-27(22-11-5-4-6-12-22)29(37)35-16-9-14-25(35)23-18-26(32-20(2)31-23)34-17-15-21-10-7-8-13-24(21)34/h7-8,10,13,15,17-19,22,25,27,30H,4-6,9,11-12,14,16H2,1-3H3,(H,33,36). The lowest BCUT2D eigenvalue weighted by Gasteiger charge is -2.35. The Balaban J connectivity index is 1.44. The first-order valence-corrected chi connectivity index (χ1v) is 13.7. The summed E-state index contributed by atoms with van der Waals surface area (Å²) >= 11 is 0. The zero-order valence-electron chi connectivity index (χ0n) is 22.1. The van der Waals surface area contributed by atoms with Gasteiger partial charge in [0.05, 0.1) is 23.3 Å². The van der Waals surface area contributed by atoms with Crippen LogP contribution in [0.2, 0.25) is 0 Å². The molecule has 1 aliphatic heterocycles. The molecule has 2 N–H and O–H groups in total. The third kappa shape index (κ3) is 5.25. The average Bonchev–Trinajstić information content (AvgIpc) is 3.59. The number of hydrogen-bond acceptors (Lipinski definition) is 5. The molecule has 1 saturated heterocycles. The topological polar surface area (TPSA) is 92.2 Å². The molecular formula is C29H38N6O2. The molecule has 5 rings (SSSR count). The molecule has 1 aromatic carbocycles. The maximum atomic E-state index is 14.1. The minimum Gasteiger partial charge on any atom is -0.343 e. The van der Waals surface area contributed by atoms with Crippen molar-refractivity contribution in [3.05, 3.63) is 54.1 Å². The summed E-state index contributed by atoms with van der Waals surface area (Å²) in [7, 11) is 1.77. The van der Waals surface area contributed by atoms with Crippen LogP contribution in [0.4, 0.5) is 0 Å². The van der Waals surface area contributed by atoms with Crippen LogP contribution in [0.1, 0.15) is 69.4 Å². The van der Waals surface area contributed by atoms with Crippen LogP contribution in [0, 0.1) is 12.8 Å². The van der Waals surface area contributed by atoms with Crippen molar-refractivity contribution in [3.63, 3.8) is 0 Å². The van der Waals surface area contributed by atoms with Gasteiger partial charge in [0.2, 0.25) is 11.8 Å². The molecule has 37 heavy (non-hydrogen) atoms. The fourth-order valence-corrected chi connectivity index (χ4v) is 5.93. The fraction of sp³-hybridized carbons (Fsp3) is 0.517. The second-order valence-corrected chi connectivity index (χ2v) is 10.5. The SMILES string of the molecule is CNC(C)C(=O)NC(C(=O)N1CCCC1c1cc(-n2ccc3ccccc32)nc(C)n1)C1CCCCC1. The van der Waals surface area contributed by atoms with Gasteiger partial charge in [-0.05, 0) is 70.0 Å². The Bertz CT molecular complexity index is 1260. The Morgan fingerprint density at radius 2 is 1.81 bits per heavy atom. The van der Waals surface area contributed by atoms with Crippen molar-refractivity contribution in [1.82, 2.24) is 30.1 Å². The Hall–Kier alpha value is -3.26. The van der Waals surface area contributed by atoms with Crippen molar-refractivity contribution in [2.75, 3.05) is 13.6 Å². The summed E-state index contributed by atoms with van der Waals surface area (Å²) in [6, 6.07) is 11.4. The number of amides is 2. The predicted molar refractivity (Wildman–Crippen MR) is 144 cm³/mol. The number of aryl methyl sites for hydroxylation is 1. The van der Waals surface area contributed by atoms with E-state index < -0.39 is 6.04 Å². The van der Waals surface area contributed by atoms with Crippen molar-refractivity contribution >= 4 is 22.7 Å². The smallest absolute Gasteiger partial charge is 0.246 e. The highest BCUT2D eigenvalue weighted by atomic mass is 16.2. The van der Waals surface area contributed by atoms with Crippen LogP contribution in [0.3, 0.4) is 0 Å². The van der Waals surface area contributed by atoms with Gasteiger partial charge in [-0.25, -0.2) is 9.97 Å². The van der Waals surface area contributed by atoms with Crippen molar-refractivity contribution in [3.8, 4) is 5.82 Å². The molecule has 3 aromatic rings. The van der Waals surface area contributed by atoms with E-state index in [4.69, 9.17) is 9.97 Å². The normalized spacial score (nSPS) is 20.2. The van der Waals surface area contributed by atoms with Crippen molar-refractivity contribution in [1.29, 1.82) is 0 Å². The third-order valence-corrected chi connectivity index (χ3v) is 8.08. The van der Waals surface area contributed by atoms with E-state index >= 15 is 0 Å². The van der Waals surface area contributed by atoms with Gasteiger partial charge in [-0.15, -0.1) is 0 Å². The van der Waals surface area contributed by atoms with Crippen LogP contribution in [-0.4, -0.2) is 56.9 Å². The molecule has 1 saturated carbocycles. The average molecular weight is 503 g/mol. The highest BCUT2D eigenvalue weighted by Crippen LogP contribution is 2.35. The van der Waals surface area contributed by atoms with E-state index in [-0.39, 0.29) is 29.8 Å². The molecule has 8 heteroatoms. The Morgan fingerprint density at radius 1 is 1.03 bits per heavy atom. The number of para-hydroxylation sites is 1. The van der Waals surface area contributed by atoms with Crippen LogP contribution < -0.4 is 10.6 Å². The summed E-state index contributed by atoms with van der Waals surface area (Å²) in [6.45, 7) is 4.41. The first kappa shape index (κ1) is 25.4. The second kappa shape index (κ2) is 11.0. The molecule has 3 heterocycles. The summed E-state index contributed by atoms with van der Waals surface area (Å²) in [6.07, 6.45) is 9.16. The van der Waals surface area contributed by atoms with Crippen LogP contribution >= 0.6 is 0 Å². The summed E-state index contributed by atoms with van der Waals surface area (Å²) in [5.41, 5.74) is 1.95. The van der Waals surface area contributed by atoms with Crippen LogP contribution in [0.15, 0.2) is 42.6 Å². The van der Waals surface area contributed by atoms with Gasteiger partial charge in [0.15, 0.2) is 0 Å². The molecule has 2 aromatic heterocycles. The van der Waals surface area contributed by atoms with E-state index in [1.54, 1.807) is 7.05 Å². The number of likely N-dealkylation sites (tertiary alicyclic amines) is 1. The minimum atomic E-state index is -0.500. The summed E-state index contributed by atoms with van der Waals surface area (Å²) in [5, 5.41) is 7.27. The number of benzene rings is 1. The third-order valence-electron chi connectivity index (χ3n) is 8.08. The molecule has 0 spiro atoms. The van der Waals surface area contributed by atoms with Gasteiger partial charge in [-0.2, -0.15) is 0 Å². The molecule has 2 aliphatic rings. The molecule has 3 unspecified atom stereocenters. The lowest BCUT2D eigenvalue weighted by molar-refractivity contribution is -0.139. The van der Waals surface area contributed by atoms with E-state index in [9.17, 15) is 9.59 Å². The molecule has 8 nitrogen and oxygen atoms in total. The largest absolute Gasteiger partial charge is 0.343 e. The number of fused-ring (bicyclic) bond motifs is 1. The van der Waals surface area contributed by atoms with Gasteiger partial charge < -0.3 is 20.1 Å². The summed E-state index contributed by atoms with van der Waals surface area (Å²) in [5.74, 6) is 1.56. The molecular weight excluding hydrogens is 464 g/mol. The van der Waals surface area contributed by atoms with Crippen LogP contribution in [0.25, 0.3) is 16.7 Å². The minimum absolute atomic E-state index is 0.0234. The highest BCUT2D eigenvalue weighted by Gasteiger charge is 2.39. The van der Waals surface area contributed by atoms with Crippen molar-refractivity contribution in [2.24, 2.45) is 5.92 Å². The zero-order chi connectivity index (χ0) is 25.9. The maximum Gasteiger partial charge on any atom is 0.246 e. The molecule has 3 atom stereocenters. The van der Waals surface area contributed by atoms with E-state index in [1.165, 1.54) is 6.42 Å². The first-order chi connectivity index (χ1) is 18.0. The molecule has 0 radical (unpaired) electrons. The number of hydrogen-bond donors (Lipinski definition) is 2. The Morgan fingerprint density at radius 3 is 2.59 bits per heavy atom. The molecule has 2 fully saturated rings. The molecule has 196 valence electrons. The maximum absolute atomic E-state index is 14.1. The second-order valence-electron chi connectivity index (χ2n) is 10.5. The van der Waals surface area contributed by atoms with E-state index in [1.807, 2.05) is 43.1 Å². The van der Waals surface area contributed by atoms with Crippen LogP contribution in [-0.2, 0) is 9.59 Å². The van der Waals surface area contributed by atoms with Gasteiger partial charge in [-0.3, -0.25) is 9.59 Å². The van der Waals surface area contributed by atoms with E-state index in [2.05, 4.69) is 33.4 Å². The van der Waals surface area contributed by atoms with Crippen molar-refractivity contribution < 1.29 is 9.59 Å². The highest BCUT2D eigenvalue weighted by molar-refractivity contribution is 5.90. The molecule has 0 bridgehead atoms. The Labute approximate surface area is 218 Å². The van der Waals surface area contributed by atoms with Gasteiger partial charge in [0.25, 0.3) is 0 Å². The number of carbonyl (C=O) groups excluding carboxylic acids is 2. The number of nitrogens with one attached hydrogen (secondary N) is 2. The van der Waals surface area contributed by atoms with Gasteiger partial charge in [0.1, 0.15) is 17.7 Å². The fourth-order valence-electron chi connectivity index (χ4n) is 5.93. The first-order valence-electron chi connectivity index (χ1n) is 13.7. The summed E-state index contributed by atoms with van der Waals surface area (Å²) < 4.78 is 2.08. The van der Waals surface area contributed by atoms with Crippen molar-refractivity contribution in [2.45, 2.75) is 76.9 Å². The zero-order valence-corrected chi connectivity index (χ0v) is 22.1. The molecule has 1 aliphatic carbocycles. The monoisotopic (exact) mass is 502 g/mol. The number of nitrogens with zero attached hydrogens (tertiary/aromatic N) is 4. The predicted octanol–water partition coefficient (Wildman–Crippen LogP) is 4.07. The van der Waals surface area contributed by atoms with Crippen LogP contribution in [0.5, 0.6) is 0 Å².